The molecule has 98 valence electrons. The van der Waals surface area contributed by atoms with Crippen LogP contribution in [0.4, 0.5) is 4.79 Å². The highest BCUT2D eigenvalue weighted by Gasteiger charge is 2.31. The molecule has 0 atom stereocenters. The minimum Gasteiger partial charge on any atom is -0.481 e. The first-order chi connectivity index (χ1) is 8.54. The molecule has 2 N–H and O–H groups in total. The largest absolute Gasteiger partial charge is 0.481 e. The average molecular weight is 269 g/mol. The molecule has 1 saturated heterocycles. The molecule has 0 saturated carbocycles. The van der Waals surface area contributed by atoms with Gasteiger partial charge >= 0.3 is 12.0 Å². The quantitative estimate of drug-likeness (QED) is 0.856. The lowest BCUT2D eigenvalue weighted by molar-refractivity contribution is -0.139. The Morgan fingerprint density at radius 3 is 2.89 bits per heavy atom. The molecule has 1 aliphatic heterocycles. The van der Waals surface area contributed by atoms with Crippen molar-refractivity contribution in [2.24, 2.45) is 5.92 Å². The topological polar surface area (TPSA) is 82.5 Å². The zero-order valence-electron chi connectivity index (χ0n) is 10.0. The van der Waals surface area contributed by atoms with Crippen LogP contribution in [0.1, 0.15) is 17.1 Å². The lowest BCUT2D eigenvalue weighted by atomic mass is 9.97. The minimum absolute atomic E-state index is 0.0929. The Kier molecular flexibility index (Phi) is 3.81. The summed E-state index contributed by atoms with van der Waals surface area (Å²) in [6.07, 6.45) is 0.134. The Labute approximate surface area is 109 Å². The number of aliphatic carboxylic acids is 1. The first-order valence-corrected chi connectivity index (χ1v) is 6.58. The predicted molar refractivity (Wildman–Crippen MR) is 66.4 cm³/mol. The van der Waals surface area contributed by atoms with Crippen LogP contribution >= 0.6 is 11.3 Å². The van der Waals surface area contributed by atoms with Gasteiger partial charge in [-0.05, 0) is 6.92 Å². The van der Waals surface area contributed by atoms with E-state index >= 15 is 0 Å². The van der Waals surface area contributed by atoms with E-state index in [2.05, 4.69) is 10.3 Å². The summed E-state index contributed by atoms with van der Waals surface area (Å²) in [5.41, 5.74) is 0.953. The lowest BCUT2D eigenvalue weighted by Gasteiger charge is -2.38. The van der Waals surface area contributed by atoms with Crippen molar-refractivity contribution >= 4 is 23.3 Å². The maximum Gasteiger partial charge on any atom is 0.317 e. The first kappa shape index (κ1) is 12.8. The van der Waals surface area contributed by atoms with Crippen molar-refractivity contribution in [2.45, 2.75) is 19.9 Å². The van der Waals surface area contributed by atoms with Crippen LogP contribution in [0.25, 0.3) is 0 Å². The molecule has 1 aromatic rings. The zero-order valence-corrected chi connectivity index (χ0v) is 10.9. The molecule has 2 heterocycles. The normalized spacial score (nSPS) is 15.3. The molecule has 0 aliphatic carbocycles. The standard InChI is InChI=1S/C11H15N3O3S/c1-7-6-18-9(13-7)3-12-11(17)14-4-8(5-14)2-10(15)16/h6,8H,2-5H2,1H3,(H,12,17)(H,15,16). The average Bonchev–Trinajstić information content (AvgIpc) is 2.65. The van der Waals surface area contributed by atoms with Crippen molar-refractivity contribution < 1.29 is 14.7 Å². The van der Waals surface area contributed by atoms with Gasteiger partial charge in [-0.2, -0.15) is 0 Å². The van der Waals surface area contributed by atoms with Crippen LogP contribution in [0, 0.1) is 12.8 Å². The van der Waals surface area contributed by atoms with Gasteiger partial charge in [0.25, 0.3) is 0 Å². The lowest BCUT2D eigenvalue weighted by Crippen LogP contribution is -2.54. The Hall–Kier alpha value is -1.63. The fourth-order valence-electron chi connectivity index (χ4n) is 1.86. The number of aryl methyl sites for hydroxylation is 1. The van der Waals surface area contributed by atoms with Gasteiger partial charge in [-0.15, -0.1) is 11.3 Å². The number of thiazole rings is 1. The van der Waals surface area contributed by atoms with Gasteiger partial charge in [0.1, 0.15) is 5.01 Å². The van der Waals surface area contributed by atoms with Crippen molar-refractivity contribution in [3.8, 4) is 0 Å². The number of carbonyl (C=O) groups excluding carboxylic acids is 1. The number of hydrogen-bond donors (Lipinski definition) is 2. The van der Waals surface area contributed by atoms with Gasteiger partial charge in [-0.3, -0.25) is 4.79 Å². The molecule has 0 aromatic carbocycles. The zero-order chi connectivity index (χ0) is 13.1. The number of aromatic nitrogens is 1. The van der Waals surface area contributed by atoms with Gasteiger partial charge in [0.05, 0.1) is 13.0 Å². The molecule has 6 nitrogen and oxygen atoms in total. The number of urea groups is 1. The molecule has 2 rings (SSSR count). The summed E-state index contributed by atoms with van der Waals surface area (Å²) in [5, 5.41) is 14.2. The molecule has 2 amide bonds. The molecule has 1 aromatic heterocycles. The number of carboxylic acid groups (broad SMARTS) is 1. The summed E-state index contributed by atoms with van der Waals surface area (Å²) in [6.45, 7) is 3.38. The maximum atomic E-state index is 11.7. The number of rotatable bonds is 4. The summed E-state index contributed by atoms with van der Waals surface area (Å²) in [7, 11) is 0. The summed E-state index contributed by atoms with van der Waals surface area (Å²) >= 11 is 1.52. The summed E-state index contributed by atoms with van der Waals surface area (Å²) < 4.78 is 0. The molecule has 0 unspecified atom stereocenters. The van der Waals surface area contributed by atoms with Gasteiger partial charge < -0.3 is 15.3 Å². The van der Waals surface area contributed by atoms with Crippen molar-refractivity contribution in [3.05, 3.63) is 16.1 Å². The number of hydrogen-bond acceptors (Lipinski definition) is 4. The number of nitrogens with zero attached hydrogens (tertiary/aromatic N) is 2. The summed E-state index contributed by atoms with van der Waals surface area (Å²) in [6, 6.07) is -0.149. The van der Waals surface area contributed by atoms with Gasteiger partial charge in [0, 0.05) is 30.1 Å². The Balaban J connectivity index is 1.69. The third-order valence-corrected chi connectivity index (χ3v) is 3.73. The van der Waals surface area contributed by atoms with Crippen molar-refractivity contribution in [3.63, 3.8) is 0 Å². The van der Waals surface area contributed by atoms with Gasteiger partial charge in [0.2, 0.25) is 0 Å². The summed E-state index contributed by atoms with van der Waals surface area (Å²) in [5.74, 6) is -0.714. The van der Waals surface area contributed by atoms with Gasteiger partial charge in [0.15, 0.2) is 0 Å². The second kappa shape index (κ2) is 5.34. The monoisotopic (exact) mass is 269 g/mol. The third-order valence-electron chi connectivity index (χ3n) is 2.77. The Morgan fingerprint density at radius 2 is 2.33 bits per heavy atom. The number of amides is 2. The second-order valence-corrected chi connectivity index (χ2v) is 5.35. The van der Waals surface area contributed by atoms with Crippen LogP contribution in [0.5, 0.6) is 0 Å². The van der Waals surface area contributed by atoms with E-state index < -0.39 is 5.97 Å². The van der Waals surface area contributed by atoms with Gasteiger partial charge in [-0.25, -0.2) is 9.78 Å². The molecular formula is C11H15N3O3S. The van der Waals surface area contributed by atoms with Crippen LogP contribution in [-0.4, -0.2) is 40.1 Å². The van der Waals surface area contributed by atoms with Crippen LogP contribution in [0.2, 0.25) is 0 Å². The number of carboxylic acids is 1. The number of nitrogens with one attached hydrogen (secondary N) is 1. The van der Waals surface area contributed by atoms with Crippen LogP contribution in [0.3, 0.4) is 0 Å². The van der Waals surface area contributed by atoms with Crippen LogP contribution < -0.4 is 5.32 Å². The second-order valence-electron chi connectivity index (χ2n) is 4.41. The third kappa shape index (κ3) is 3.19. The van der Waals surface area contributed by atoms with E-state index in [4.69, 9.17) is 5.11 Å². The van der Waals surface area contributed by atoms with Crippen molar-refractivity contribution in [1.82, 2.24) is 15.2 Å². The molecule has 0 spiro atoms. The van der Waals surface area contributed by atoms with Crippen LogP contribution in [0.15, 0.2) is 5.38 Å². The smallest absolute Gasteiger partial charge is 0.317 e. The molecule has 0 bridgehead atoms. The highest BCUT2D eigenvalue weighted by Crippen LogP contribution is 2.19. The number of likely N-dealkylation sites (tertiary alicyclic amines) is 1. The molecule has 1 aliphatic rings. The fourth-order valence-corrected chi connectivity index (χ4v) is 2.57. The SMILES string of the molecule is Cc1csc(CNC(=O)N2CC(CC(=O)O)C2)n1. The summed E-state index contributed by atoms with van der Waals surface area (Å²) in [4.78, 5) is 28.0. The van der Waals surface area contributed by atoms with E-state index in [-0.39, 0.29) is 18.4 Å². The highest BCUT2D eigenvalue weighted by atomic mass is 32.1. The molecule has 7 heteroatoms. The Bertz CT molecular complexity index is 454. The van der Waals surface area contributed by atoms with E-state index in [9.17, 15) is 9.59 Å². The predicted octanol–water partition coefficient (Wildman–Crippen LogP) is 1.07. The minimum atomic E-state index is -0.807. The van der Waals surface area contributed by atoms with E-state index in [0.717, 1.165) is 10.7 Å². The number of carbonyl (C=O) groups is 2. The van der Waals surface area contributed by atoms with Crippen molar-refractivity contribution in [2.75, 3.05) is 13.1 Å². The van der Waals surface area contributed by atoms with E-state index in [1.165, 1.54) is 11.3 Å². The first-order valence-electron chi connectivity index (χ1n) is 5.70. The van der Waals surface area contributed by atoms with Gasteiger partial charge in [-0.1, -0.05) is 0 Å². The molecule has 0 radical (unpaired) electrons. The molecule has 18 heavy (non-hydrogen) atoms. The Morgan fingerprint density at radius 1 is 1.61 bits per heavy atom. The molecular weight excluding hydrogens is 254 g/mol. The van der Waals surface area contributed by atoms with E-state index in [1.54, 1.807) is 4.90 Å². The van der Waals surface area contributed by atoms with Crippen LogP contribution in [-0.2, 0) is 11.3 Å². The fraction of sp³-hybridized carbons (Fsp3) is 0.545. The van der Waals surface area contributed by atoms with E-state index in [0.29, 0.717) is 19.6 Å². The molecule has 1 fully saturated rings. The highest BCUT2D eigenvalue weighted by molar-refractivity contribution is 7.09. The van der Waals surface area contributed by atoms with Crippen molar-refractivity contribution in [1.29, 1.82) is 0 Å². The van der Waals surface area contributed by atoms with E-state index in [1.807, 2.05) is 12.3 Å². The maximum absolute atomic E-state index is 11.7.